The Hall–Kier alpha value is -2.12. The van der Waals surface area contributed by atoms with E-state index in [1.54, 1.807) is 23.5 Å². The Kier molecular flexibility index (Phi) is 4.26. The van der Waals surface area contributed by atoms with Gasteiger partial charge in [0.05, 0.1) is 6.04 Å². The number of halogens is 1. The van der Waals surface area contributed by atoms with Crippen LogP contribution in [0, 0.1) is 5.82 Å². The molecule has 3 aromatic rings. The first-order valence-corrected chi connectivity index (χ1v) is 8.27. The molecule has 112 valence electrons. The Morgan fingerprint density at radius 1 is 1.23 bits per heavy atom. The van der Waals surface area contributed by atoms with Crippen molar-refractivity contribution in [2.75, 3.05) is 0 Å². The van der Waals surface area contributed by atoms with Gasteiger partial charge >= 0.3 is 0 Å². The van der Waals surface area contributed by atoms with E-state index in [0.29, 0.717) is 10.0 Å². The van der Waals surface area contributed by atoms with Crippen molar-refractivity contribution in [1.29, 1.82) is 0 Å². The molecule has 0 saturated heterocycles. The van der Waals surface area contributed by atoms with Crippen molar-refractivity contribution < 1.29 is 9.18 Å². The fourth-order valence-electron chi connectivity index (χ4n) is 1.89. The number of benzene rings is 1. The average Bonchev–Trinajstić information content (AvgIpc) is 3.20. The van der Waals surface area contributed by atoms with Crippen molar-refractivity contribution >= 4 is 28.6 Å². The topological polar surface area (TPSA) is 54.9 Å². The van der Waals surface area contributed by atoms with Crippen LogP contribution in [0.5, 0.6) is 0 Å². The quantitative estimate of drug-likeness (QED) is 0.788. The third kappa shape index (κ3) is 3.20. The molecule has 4 nitrogen and oxygen atoms in total. The summed E-state index contributed by atoms with van der Waals surface area (Å²) in [6, 6.07) is 9.79. The molecule has 1 atom stereocenters. The zero-order valence-corrected chi connectivity index (χ0v) is 13.2. The Bertz CT molecular complexity index is 768. The molecule has 0 saturated carbocycles. The van der Waals surface area contributed by atoms with E-state index in [1.165, 1.54) is 23.5 Å². The minimum absolute atomic E-state index is 0.0781. The van der Waals surface area contributed by atoms with Gasteiger partial charge in [-0.25, -0.2) is 4.39 Å². The van der Waals surface area contributed by atoms with Gasteiger partial charge < -0.3 is 5.32 Å². The first-order chi connectivity index (χ1) is 10.6. The van der Waals surface area contributed by atoms with Crippen LogP contribution < -0.4 is 5.32 Å². The first kappa shape index (κ1) is 14.8. The number of amides is 1. The van der Waals surface area contributed by atoms with Gasteiger partial charge in [-0.1, -0.05) is 17.4 Å². The Morgan fingerprint density at radius 2 is 2.00 bits per heavy atom. The van der Waals surface area contributed by atoms with Crippen LogP contribution in [0.2, 0.25) is 0 Å². The molecule has 0 aliphatic carbocycles. The zero-order valence-electron chi connectivity index (χ0n) is 11.6. The van der Waals surface area contributed by atoms with Crippen molar-refractivity contribution in [3.63, 3.8) is 0 Å². The summed E-state index contributed by atoms with van der Waals surface area (Å²) in [5.41, 5.74) is 0.740. The number of hydrogen-bond acceptors (Lipinski definition) is 5. The maximum absolute atomic E-state index is 12.9. The van der Waals surface area contributed by atoms with Gasteiger partial charge in [-0.2, -0.15) is 0 Å². The largest absolute Gasteiger partial charge is 0.343 e. The summed E-state index contributed by atoms with van der Waals surface area (Å²) in [7, 11) is 0. The molecule has 0 aliphatic heterocycles. The Labute approximate surface area is 134 Å². The van der Waals surface area contributed by atoms with Gasteiger partial charge in [0.1, 0.15) is 10.8 Å². The van der Waals surface area contributed by atoms with E-state index >= 15 is 0 Å². The maximum Gasteiger partial charge on any atom is 0.282 e. The SMILES string of the molecule is C[C@@H](NC(=O)c1nnc(-c2ccc(F)cc2)s1)c1cccs1. The number of thiophene rings is 1. The monoisotopic (exact) mass is 333 g/mol. The second-order valence-electron chi connectivity index (χ2n) is 4.63. The molecule has 22 heavy (non-hydrogen) atoms. The summed E-state index contributed by atoms with van der Waals surface area (Å²) >= 11 is 2.77. The van der Waals surface area contributed by atoms with Crippen LogP contribution in [0.1, 0.15) is 27.6 Å². The van der Waals surface area contributed by atoms with Crippen LogP contribution in [-0.4, -0.2) is 16.1 Å². The van der Waals surface area contributed by atoms with Crippen LogP contribution in [0.15, 0.2) is 41.8 Å². The average molecular weight is 333 g/mol. The van der Waals surface area contributed by atoms with Crippen LogP contribution in [0.25, 0.3) is 10.6 Å². The molecule has 0 fully saturated rings. The maximum atomic E-state index is 12.9. The molecule has 0 radical (unpaired) electrons. The number of hydrogen-bond donors (Lipinski definition) is 1. The van der Waals surface area contributed by atoms with Crippen LogP contribution >= 0.6 is 22.7 Å². The fourth-order valence-corrected chi connectivity index (χ4v) is 3.38. The van der Waals surface area contributed by atoms with Crippen molar-refractivity contribution in [1.82, 2.24) is 15.5 Å². The molecule has 2 aromatic heterocycles. The molecule has 1 aromatic carbocycles. The number of nitrogens with zero attached hydrogens (tertiary/aromatic N) is 2. The van der Waals surface area contributed by atoms with E-state index in [0.717, 1.165) is 10.4 Å². The van der Waals surface area contributed by atoms with E-state index in [1.807, 2.05) is 24.4 Å². The lowest BCUT2D eigenvalue weighted by Crippen LogP contribution is -2.25. The lowest BCUT2D eigenvalue weighted by atomic mass is 10.2. The normalized spacial score (nSPS) is 12.1. The van der Waals surface area contributed by atoms with Crippen molar-refractivity contribution in [2.24, 2.45) is 0 Å². The minimum atomic E-state index is -0.309. The summed E-state index contributed by atoms with van der Waals surface area (Å²) in [5.74, 6) is -0.567. The van der Waals surface area contributed by atoms with E-state index in [-0.39, 0.29) is 17.8 Å². The summed E-state index contributed by atoms with van der Waals surface area (Å²) in [5, 5.41) is 13.7. The highest BCUT2D eigenvalue weighted by Crippen LogP contribution is 2.24. The van der Waals surface area contributed by atoms with Gasteiger partial charge in [0, 0.05) is 10.4 Å². The summed E-state index contributed by atoms with van der Waals surface area (Å²) in [6.07, 6.45) is 0. The number of carbonyl (C=O) groups is 1. The Morgan fingerprint density at radius 3 is 2.68 bits per heavy atom. The van der Waals surface area contributed by atoms with Crippen molar-refractivity contribution in [3.8, 4) is 10.6 Å². The van der Waals surface area contributed by atoms with Gasteiger partial charge in [0.2, 0.25) is 5.01 Å². The van der Waals surface area contributed by atoms with Gasteiger partial charge in [0.25, 0.3) is 5.91 Å². The molecule has 0 bridgehead atoms. The lowest BCUT2D eigenvalue weighted by molar-refractivity contribution is 0.0939. The minimum Gasteiger partial charge on any atom is -0.343 e. The van der Waals surface area contributed by atoms with Crippen molar-refractivity contribution in [3.05, 3.63) is 57.5 Å². The van der Waals surface area contributed by atoms with Gasteiger partial charge in [-0.3, -0.25) is 4.79 Å². The number of nitrogens with one attached hydrogen (secondary N) is 1. The summed E-state index contributed by atoms with van der Waals surface area (Å²) in [4.78, 5) is 13.3. The summed E-state index contributed by atoms with van der Waals surface area (Å²) in [6.45, 7) is 1.92. The molecular weight excluding hydrogens is 321 g/mol. The van der Waals surface area contributed by atoms with E-state index in [4.69, 9.17) is 0 Å². The number of aromatic nitrogens is 2. The molecule has 1 N–H and O–H groups in total. The van der Waals surface area contributed by atoms with E-state index in [2.05, 4.69) is 15.5 Å². The highest BCUT2D eigenvalue weighted by atomic mass is 32.1. The standard InChI is InChI=1S/C15H12FN3OS2/c1-9(12-3-2-8-21-12)17-13(20)15-19-18-14(22-15)10-4-6-11(16)7-5-10/h2-9H,1H3,(H,17,20)/t9-/m1/s1. The third-order valence-electron chi connectivity index (χ3n) is 3.03. The smallest absolute Gasteiger partial charge is 0.282 e. The molecule has 2 heterocycles. The van der Waals surface area contributed by atoms with Crippen LogP contribution in [0.3, 0.4) is 0 Å². The molecule has 0 unspecified atom stereocenters. The highest BCUT2D eigenvalue weighted by molar-refractivity contribution is 7.16. The molecule has 0 aliphatic rings. The lowest BCUT2D eigenvalue weighted by Gasteiger charge is -2.10. The third-order valence-corrected chi connectivity index (χ3v) is 5.05. The summed E-state index contributed by atoms with van der Waals surface area (Å²) < 4.78 is 12.9. The van der Waals surface area contributed by atoms with E-state index < -0.39 is 0 Å². The van der Waals surface area contributed by atoms with Crippen LogP contribution in [-0.2, 0) is 0 Å². The molecular formula is C15H12FN3OS2. The number of rotatable bonds is 4. The predicted molar refractivity (Wildman–Crippen MR) is 85.5 cm³/mol. The molecule has 3 rings (SSSR count). The van der Waals surface area contributed by atoms with Crippen LogP contribution in [0.4, 0.5) is 4.39 Å². The first-order valence-electron chi connectivity index (χ1n) is 6.57. The van der Waals surface area contributed by atoms with Gasteiger partial charge in [-0.15, -0.1) is 21.5 Å². The molecule has 1 amide bonds. The second kappa shape index (κ2) is 6.33. The predicted octanol–water partition coefficient (Wildman–Crippen LogP) is 3.90. The van der Waals surface area contributed by atoms with Crippen molar-refractivity contribution in [2.45, 2.75) is 13.0 Å². The molecule has 0 spiro atoms. The second-order valence-corrected chi connectivity index (χ2v) is 6.59. The molecule has 7 heteroatoms. The highest BCUT2D eigenvalue weighted by Gasteiger charge is 2.17. The number of carbonyl (C=O) groups excluding carboxylic acids is 1. The van der Waals surface area contributed by atoms with E-state index in [9.17, 15) is 9.18 Å². The fraction of sp³-hybridized carbons (Fsp3) is 0.133. The van der Waals surface area contributed by atoms with Gasteiger partial charge in [0.15, 0.2) is 0 Å². The zero-order chi connectivity index (χ0) is 15.5. The Balaban J connectivity index is 1.73. The van der Waals surface area contributed by atoms with Gasteiger partial charge in [-0.05, 0) is 42.6 Å².